The number of sulfone groups is 1. The van der Waals surface area contributed by atoms with Gasteiger partial charge in [0, 0.05) is 12.1 Å². The first-order valence-corrected chi connectivity index (χ1v) is 5.82. The average molecular weight is 240 g/mol. The molecule has 0 aliphatic heterocycles. The molecule has 0 saturated carbocycles. The number of nitrogens with zero attached hydrogens (tertiary/aromatic N) is 2. The van der Waals surface area contributed by atoms with Gasteiger partial charge < -0.3 is 0 Å². The summed E-state index contributed by atoms with van der Waals surface area (Å²) in [5.41, 5.74) is -0.191. The first kappa shape index (κ1) is 12.1. The lowest BCUT2D eigenvalue weighted by Gasteiger charge is -2.04. The van der Waals surface area contributed by atoms with Crippen molar-refractivity contribution in [1.82, 2.24) is 0 Å². The Bertz CT molecular complexity index is 542. The first-order valence-electron chi connectivity index (χ1n) is 4.27. The molecule has 1 unspecified atom stereocenters. The van der Waals surface area contributed by atoms with Crippen LogP contribution in [0.3, 0.4) is 0 Å². The van der Waals surface area contributed by atoms with E-state index in [2.05, 4.69) is 0 Å². The predicted molar refractivity (Wildman–Crippen MR) is 55.4 cm³/mol. The molecule has 0 aliphatic carbocycles. The Labute approximate surface area is 92.2 Å². The third-order valence-corrected chi connectivity index (χ3v) is 3.99. The van der Waals surface area contributed by atoms with E-state index in [4.69, 9.17) is 5.26 Å². The third-order valence-electron chi connectivity index (χ3n) is 2.02. The van der Waals surface area contributed by atoms with Gasteiger partial charge in [0.05, 0.1) is 15.9 Å². The van der Waals surface area contributed by atoms with E-state index in [0.717, 1.165) is 24.3 Å². The average Bonchev–Trinajstić information content (AvgIpc) is 2.28. The standard InChI is InChI=1S/C9H8N2O4S/c1-7(6-10)16(14,15)9-4-2-8(3-5-9)11(12)13/h2-5,7H,1H3. The predicted octanol–water partition coefficient (Wildman–Crippen LogP) is 1.28. The molecule has 0 N–H and O–H groups in total. The fraction of sp³-hybridized carbons (Fsp3) is 0.222. The second kappa shape index (κ2) is 4.28. The number of hydrogen-bond acceptors (Lipinski definition) is 5. The molecule has 0 heterocycles. The molecule has 0 aromatic heterocycles. The number of benzene rings is 1. The molecule has 1 atom stereocenters. The van der Waals surface area contributed by atoms with Crippen molar-refractivity contribution < 1.29 is 13.3 Å². The monoisotopic (exact) mass is 240 g/mol. The van der Waals surface area contributed by atoms with Crippen LogP contribution in [0.2, 0.25) is 0 Å². The molecule has 7 heteroatoms. The maximum atomic E-state index is 11.7. The summed E-state index contributed by atoms with van der Waals surface area (Å²) in [7, 11) is -3.72. The van der Waals surface area contributed by atoms with Crippen LogP contribution in [0.1, 0.15) is 6.92 Å². The fourth-order valence-electron chi connectivity index (χ4n) is 1.03. The van der Waals surface area contributed by atoms with Gasteiger partial charge in [0.1, 0.15) is 5.25 Å². The molecule has 1 aromatic carbocycles. The first-order chi connectivity index (χ1) is 7.39. The van der Waals surface area contributed by atoms with E-state index in [9.17, 15) is 18.5 Å². The number of hydrogen-bond donors (Lipinski definition) is 0. The zero-order valence-corrected chi connectivity index (χ0v) is 9.14. The van der Waals surface area contributed by atoms with Gasteiger partial charge in [-0.25, -0.2) is 8.42 Å². The molecule has 6 nitrogen and oxygen atoms in total. The van der Waals surface area contributed by atoms with Crippen LogP contribution >= 0.6 is 0 Å². The van der Waals surface area contributed by atoms with E-state index < -0.39 is 20.0 Å². The summed E-state index contributed by atoms with van der Waals surface area (Å²) in [4.78, 5) is 9.64. The normalized spacial score (nSPS) is 12.8. The molecular weight excluding hydrogens is 232 g/mol. The van der Waals surface area contributed by atoms with Crippen molar-refractivity contribution >= 4 is 15.5 Å². The minimum absolute atomic E-state index is 0.0906. The van der Waals surface area contributed by atoms with Crippen LogP contribution in [-0.4, -0.2) is 18.6 Å². The largest absolute Gasteiger partial charge is 0.269 e. The summed E-state index contributed by atoms with van der Waals surface area (Å²) in [6, 6.07) is 6.06. The number of nitro benzene ring substituents is 1. The third kappa shape index (κ3) is 2.17. The Morgan fingerprint density at radius 2 is 1.88 bits per heavy atom. The lowest BCUT2D eigenvalue weighted by Crippen LogP contribution is -2.15. The molecule has 0 radical (unpaired) electrons. The van der Waals surface area contributed by atoms with Crippen LogP contribution in [0.5, 0.6) is 0 Å². The fourth-order valence-corrected chi connectivity index (χ4v) is 2.09. The van der Waals surface area contributed by atoms with Gasteiger partial charge in [0.25, 0.3) is 5.69 Å². The smallest absolute Gasteiger partial charge is 0.258 e. The Morgan fingerprint density at radius 3 is 2.25 bits per heavy atom. The van der Waals surface area contributed by atoms with Crippen molar-refractivity contribution in [3.63, 3.8) is 0 Å². The molecule has 1 aromatic rings. The van der Waals surface area contributed by atoms with Crippen molar-refractivity contribution in [1.29, 1.82) is 5.26 Å². The number of rotatable bonds is 3. The summed E-state index contributed by atoms with van der Waals surface area (Å²) in [6.45, 7) is 1.26. The summed E-state index contributed by atoms with van der Waals surface area (Å²) < 4.78 is 23.3. The van der Waals surface area contributed by atoms with Crippen molar-refractivity contribution in [3.8, 4) is 6.07 Å². The van der Waals surface area contributed by atoms with Crippen LogP contribution in [0, 0.1) is 21.4 Å². The van der Waals surface area contributed by atoms with Gasteiger partial charge in [-0.05, 0) is 19.1 Å². The Kier molecular flexibility index (Phi) is 3.25. The van der Waals surface area contributed by atoms with Crippen molar-refractivity contribution in [3.05, 3.63) is 34.4 Å². The van der Waals surface area contributed by atoms with E-state index in [-0.39, 0.29) is 10.6 Å². The summed E-state index contributed by atoms with van der Waals surface area (Å²) in [6.07, 6.45) is 0. The van der Waals surface area contributed by atoms with Gasteiger partial charge in [-0.1, -0.05) is 0 Å². The molecule has 0 aliphatic rings. The highest BCUT2D eigenvalue weighted by Crippen LogP contribution is 2.19. The van der Waals surface area contributed by atoms with Crippen LogP contribution in [0.25, 0.3) is 0 Å². The van der Waals surface area contributed by atoms with Crippen molar-refractivity contribution in [2.45, 2.75) is 17.1 Å². The molecule has 0 amide bonds. The minimum atomic E-state index is -3.72. The van der Waals surface area contributed by atoms with Crippen LogP contribution in [0.4, 0.5) is 5.69 Å². The maximum Gasteiger partial charge on any atom is 0.269 e. The van der Waals surface area contributed by atoms with Gasteiger partial charge in [0.2, 0.25) is 0 Å². The number of nitriles is 1. The van der Waals surface area contributed by atoms with Gasteiger partial charge in [0.15, 0.2) is 9.84 Å². The highest BCUT2D eigenvalue weighted by atomic mass is 32.2. The molecular formula is C9H8N2O4S. The van der Waals surface area contributed by atoms with E-state index in [1.807, 2.05) is 0 Å². The topological polar surface area (TPSA) is 101 Å². The SMILES string of the molecule is CC(C#N)S(=O)(=O)c1ccc([N+](=O)[O-])cc1. The Balaban J connectivity index is 3.18. The quantitative estimate of drug-likeness (QED) is 0.585. The van der Waals surface area contributed by atoms with Gasteiger partial charge >= 0.3 is 0 Å². The highest BCUT2D eigenvalue weighted by Gasteiger charge is 2.23. The highest BCUT2D eigenvalue weighted by molar-refractivity contribution is 7.92. The van der Waals surface area contributed by atoms with E-state index in [1.165, 1.54) is 6.92 Å². The van der Waals surface area contributed by atoms with Crippen LogP contribution in [0.15, 0.2) is 29.2 Å². The minimum Gasteiger partial charge on any atom is -0.258 e. The van der Waals surface area contributed by atoms with Crippen molar-refractivity contribution in [2.75, 3.05) is 0 Å². The summed E-state index contributed by atoms with van der Waals surface area (Å²) in [5.74, 6) is 0. The molecule has 84 valence electrons. The van der Waals surface area contributed by atoms with E-state index in [1.54, 1.807) is 6.07 Å². The number of nitro groups is 1. The summed E-state index contributed by atoms with van der Waals surface area (Å²) >= 11 is 0. The van der Waals surface area contributed by atoms with E-state index in [0.29, 0.717) is 0 Å². The summed E-state index contributed by atoms with van der Waals surface area (Å²) in [5, 5.41) is 17.7. The van der Waals surface area contributed by atoms with Crippen LogP contribution in [-0.2, 0) is 9.84 Å². The zero-order chi connectivity index (χ0) is 12.3. The lowest BCUT2D eigenvalue weighted by molar-refractivity contribution is -0.384. The van der Waals surface area contributed by atoms with Crippen molar-refractivity contribution in [2.24, 2.45) is 0 Å². The van der Waals surface area contributed by atoms with Gasteiger partial charge in [-0.2, -0.15) is 5.26 Å². The molecule has 0 saturated heterocycles. The molecule has 0 spiro atoms. The zero-order valence-electron chi connectivity index (χ0n) is 8.32. The lowest BCUT2D eigenvalue weighted by atomic mass is 10.3. The second-order valence-corrected chi connectivity index (χ2v) is 5.34. The second-order valence-electron chi connectivity index (χ2n) is 3.07. The maximum absolute atomic E-state index is 11.7. The molecule has 0 fully saturated rings. The molecule has 1 rings (SSSR count). The van der Waals surface area contributed by atoms with Crippen LogP contribution < -0.4 is 0 Å². The molecule has 16 heavy (non-hydrogen) atoms. The molecule has 0 bridgehead atoms. The Morgan fingerprint density at radius 1 is 1.38 bits per heavy atom. The Hall–Kier alpha value is -1.94. The number of non-ortho nitro benzene ring substituents is 1. The van der Waals surface area contributed by atoms with Gasteiger partial charge in [-0.15, -0.1) is 0 Å². The van der Waals surface area contributed by atoms with Gasteiger partial charge in [-0.3, -0.25) is 10.1 Å². The van der Waals surface area contributed by atoms with E-state index >= 15 is 0 Å².